The summed E-state index contributed by atoms with van der Waals surface area (Å²) >= 11 is 0. The molecule has 3 heterocycles. The van der Waals surface area contributed by atoms with Gasteiger partial charge in [-0.15, -0.1) is 0 Å². The first kappa shape index (κ1) is 10.3. The molecule has 1 unspecified atom stereocenters. The maximum absolute atomic E-state index is 5.94. The number of morpholine rings is 1. The van der Waals surface area contributed by atoms with Crippen molar-refractivity contribution in [3.63, 3.8) is 0 Å². The maximum Gasteiger partial charge on any atom is 0.114 e. The molecule has 2 fully saturated rings. The Bertz CT molecular complexity index is 372. The van der Waals surface area contributed by atoms with Crippen LogP contribution in [0.4, 0.5) is 0 Å². The number of ether oxygens (including phenoxy) is 1. The average molecular weight is 222 g/mol. The van der Waals surface area contributed by atoms with Gasteiger partial charge in [-0.05, 0) is 6.92 Å². The van der Waals surface area contributed by atoms with Crippen molar-refractivity contribution in [3.8, 4) is 0 Å². The normalized spacial score (nSPS) is 27.9. The molecule has 1 atom stereocenters. The van der Waals surface area contributed by atoms with Crippen LogP contribution in [0.5, 0.6) is 0 Å². The largest absolute Gasteiger partial charge is 0.369 e. The zero-order valence-electron chi connectivity index (χ0n) is 9.57. The Hall–Kier alpha value is -0.910. The number of aromatic nitrogens is 2. The van der Waals surface area contributed by atoms with Gasteiger partial charge in [-0.1, -0.05) is 0 Å². The summed E-state index contributed by atoms with van der Waals surface area (Å²) in [5.74, 6) is 0. The Morgan fingerprint density at radius 3 is 3.12 bits per heavy atom. The predicted octanol–water partition coefficient (Wildman–Crippen LogP) is -0.0941. The maximum atomic E-state index is 5.94. The third-order valence-electron chi connectivity index (χ3n) is 3.53. The van der Waals surface area contributed by atoms with Gasteiger partial charge in [0.25, 0.3) is 0 Å². The average Bonchev–Trinajstić information content (AvgIpc) is 2.75. The molecule has 2 saturated heterocycles. The molecule has 16 heavy (non-hydrogen) atoms. The minimum absolute atomic E-state index is 0.0643. The van der Waals surface area contributed by atoms with E-state index in [0.29, 0.717) is 0 Å². The number of nitrogens with zero attached hydrogens (tertiary/aromatic N) is 2. The second-order valence-electron chi connectivity index (χ2n) is 4.53. The highest BCUT2D eigenvalue weighted by molar-refractivity contribution is 5.17. The first-order chi connectivity index (χ1) is 7.84. The lowest BCUT2D eigenvalue weighted by Gasteiger charge is -2.50. The molecule has 3 rings (SSSR count). The Morgan fingerprint density at radius 2 is 2.50 bits per heavy atom. The summed E-state index contributed by atoms with van der Waals surface area (Å²) in [4.78, 5) is 4.48. The number of nitrogens with one attached hydrogen (secondary N) is 2. The molecule has 0 saturated carbocycles. The fraction of sp³-hybridized carbons (Fsp3) is 0.727. The van der Waals surface area contributed by atoms with E-state index in [9.17, 15) is 0 Å². The van der Waals surface area contributed by atoms with Gasteiger partial charge >= 0.3 is 0 Å². The zero-order chi connectivity index (χ0) is 11.0. The van der Waals surface area contributed by atoms with Crippen molar-refractivity contribution in [1.29, 1.82) is 0 Å². The van der Waals surface area contributed by atoms with E-state index in [2.05, 4.69) is 33.3 Å². The molecule has 5 heteroatoms. The van der Waals surface area contributed by atoms with E-state index >= 15 is 0 Å². The second kappa shape index (κ2) is 3.84. The highest BCUT2D eigenvalue weighted by Gasteiger charge is 2.48. The lowest BCUT2D eigenvalue weighted by atomic mass is 9.85. The van der Waals surface area contributed by atoms with Crippen LogP contribution in [0.1, 0.15) is 18.7 Å². The fourth-order valence-electron chi connectivity index (χ4n) is 2.48. The SMILES string of the molecule is CCn1cnc(C2NCCOC23CNC3)c1. The molecule has 1 aromatic rings. The Kier molecular flexibility index (Phi) is 2.46. The van der Waals surface area contributed by atoms with E-state index in [4.69, 9.17) is 4.74 Å². The molecule has 1 spiro atoms. The van der Waals surface area contributed by atoms with Crippen molar-refractivity contribution in [2.24, 2.45) is 0 Å². The summed E-state index contributed by atoms with van der Waals surface area (Å²) in [7, 11) is 0. The summed E-state index contributed by atoms with van der Waals surface area (Å²) in [5.41, 5.74) is 1.04. The third kappa shape index (κ3) is 1.47. The van der Waals surface area contributed by atoms with Crippen LogP contribution < -0.4 is 10.6 Å². The summed E-state index contributed by atoms with van der Waals surface area (Å²) in [6.45, 7) is 6.63. The molecule has 2 N–H and O–H groups in total. The topological polar surface area (TPSA) is 51.1 Å². The molecule has 0 bridgehead atoms. The highest BCUT2D eigenvalue weighted by atomic mass is 16.5. The number of imidazole rings is 1. The van der Waals surface area contributed by atoms with Crippen molar-refractivity contribution in [3.05, 3.63) is 18.2 Å². The van der Waals surface area contributed by atoms with E-state index in [1.807, 2.05) is 6.33 Å². The van der Waals surface area contributed by atoms with Crippen molar-refractivity contribution in [2.75, 3.05) is 26.2 Å². The van der Waals surface area contributed by atoms with E-state index < -0.39 is 0 Å². The van der Waals surface area contributed by atoms with Crippen LogP contribution in [-0.4, -0.2) is 41.4 Å². The summed E-state index contributed by atoms with van der Waals surface area (Å²) in [6, 6.07) is 0.232. The zero-order valence-corrected chi connectivity index (χ0v) is 9.57. The molecule has 0 radical (unpaired) electrons. The van der Waals surface area contributed by atoms with Gasteiger partial charge in [0.15, 0.2) is 0 Å². The minimum Gasteiger partial charge on any atom is -0.369 e. The Morgan fingerprint density at radius 1 is 1.62 bits per heavy atom. The molecule has 5 nitrogen and oxygen atoms in total. The van der Waals surface area contributed by atoms with Crippen molar-refractivity contribution in [1.82, 2.24) is 20.2 Å². The molecular weight excluding hydrogens is 204 g/mol. The lowest BCUT2D eigenvalue weighted by Crippen LogP contribution is -2.69. The van der Waals surface area contributed by atoms with Crippen LogP contribution in [0.15, 0.2) is 12.5 Å². The Labute approximate surface area is 95.2 Å². The van der Waals surface area contributed by atoms with Crippen molar-refractivity contribution in [2.45, 2.75) is 25.1 Å². The van der Waals surface area contributed by atoms with Crippen LogP contribution >= 0.6 is 0 Å². The van der Waals surface area contributed by atoms with Gasteiger partial charge < -0.3 is 19.9 Å². The third-order valence-corrected chi connectivity index (χ3v) is 3.53. The van der Waals surface area contributed by atoms with Gasteiger partial charge in [-0.3, -0.25) is 0 Å². The second-order valence-corrected chi connectivity index (χ2v) is 4.53. The molecular formula is C11H18N4O. The predicted molar refractivity (Wildman–Crippen MR) is 60.2 cm³/mol. The van der Waals surface area contributed by atoms with Crippen molar-refractivity contribution < 1.29 is 4.74 Å². The highest BCUT2D eigenvalue weighted by Crippen LogP contribution is 2.34. The molecule has 0 amide bonds. The van der Waals surface area contributed by atoms with E-state index in [0.717, 1.165) is 38.5 Å². The minimum atomic E-state index is -0.0643. The standard InChI is InChI=1S/C11H18N4O/c1-2-15-5-9(14-8-15)10-11(6-12-7-11)16-4-3-13-10/h5,8,10,12-13H,2-4,6-7H2,1H3. The first-order valence-corrected chi connectivity index (χ1v) is 5.94. The number of hydrogen-bond acceptors (Lipinski definition) is 4. The molecule has 2 aliphatic rings. The van der Waals surface area contributed by atoms with Gasteiger partial charge in [-0.2, -0.15) is 0 Å². The quantitative estimate of drug-likeness (QED) is 0.734. The van der Waals surface area contributed by atoms with Gasteiger partial charge in [-0.25, -0.2) is 4.98 Å². The summed E-state index contributed by atoms with van der Waals surface area (Å²) < 4.78 is 8.04. The molecule has 1 aromatic heterocycles. The molecule has 0 aromatic carbocycles. The number of aryl methyl sites for hydroxylation is 1. The van der Waals surface area contributed by atoms with Crippen LogP contribution in [-0.2, 0) is 11.3 Å². The molecule has 2 aliphatic heterocycles. The van der Waals surface area contributed by atoms with E-state index in [1.54, 1.807) is 0 Å². The first-order valence-electron chi connectivity index (χ1n) is 5.94. The monoisotopic (exact) mass is 222 g/mol. The van der Waals surface area contributed by atoms with Gasteiger partial charge in [0, 0.05) is 32.4 Å². The summed E-state index contributed by atoms with van der Waals surface area (Å²) in [5, 5.41) is 6.82. The molecule has 0 aliphatic carbocycles. The van der Waals surface area contributed by atoms with E-state index in [1.165, 1.54) is 0 Å². The van der Waals surface area contributed by atoms with Gasteiger partial charge in [0.2, 0.25) is 0 Å². The van der Waals surface area contributed by atoms with Crippen LogP contribution in [0.2, 0.25) is 0 Å². The van der Waals surface area contributed by atoms with Crippen LogP contribution in [0.3, 0.4) is 0 Å². The van der Waals surface area contributed by atoms with E-state index in [-0.39, 0.29) is 11.6 Å². The van der Waals surface area contributed by atoms with Crippen molar-refractivity contribution >= 4 is 0 Å². The number of hydrogen-bond donors (Lipinski definition) is 2. The van der Waals surface area contributed by atoms with Gasteiger partial charge in [0.05, 0.1) is 24.7 Å². The smallest absolute Gasteiger partial charge is 0.114 e. The number of rotatable bonds is 2. The van der Waals surface area contributed by atoms with Gasteiger partial charge in [0.1, 0.15) is 5.60 Å². The Balaban J connectivity index is 1.85. The lowest BCUT2D eigenvalue weighted by molar-refractivity contribution is -0.129. The van der Waals surface area contributed by atoms with Crippen LogP contribution in [0, 0.1) is 0 Å². The molecule has 88 valence electrons. The summed E-state index contributed by atoms with van der Waals surface area (Å²) in [6.07, 6.45) is 4.01. The van der Waals surface area contributed by atoms with Crippen LogP contribution in [0.25, 0.3) is 0 Å². The fourth-order valence-corrected chi connectivity index (χ4v) is 2.48.